The number of aryl methyl sites for hydroxylation is 1. The Labute approximate surface area is 176 Å². The summed E-state index contributed by atoms with van der Waals surface area (Å²) in [7, 11) is 0. The molecule has 0 radical (unpaired) electrons. The molecule has 1 amide bonds. The average molecular weight is 434 g/mol. The number of carbonyl (C=O) groups excluding carboxylic acids is 1. The van der Waals surface area contributed by atoms with Crippen LogP contribution in [0, 0.1) is 0 Å². The van der Waals surface area contributed by atoms with Gasteiger partial charge in [-0.05, 0) is 49.1 Å². The molecule has 158 valence electrons. The zero-order valence-corrected chi connectivity index (χ0v) is 17.2. The van der Waals surface area contributed by atoms with E-state index in [1.807, 2.05) is 25.1 Å². The molecular weight excluding hydrogens is 413 g/mol. The highest BCUT2D eigenvalue weighted by atomic mass is 32.1. The number of thiazole rings is 1. The van der Waals surface area contributed by atoms with Crippen molar-refractivity contribution in [2.24, 2.45) is 0 Å². The molecule has 1 aliphatic rings. The summed E-state index contributed by atoms with van der Waals surface area (Å²) >= 11 is 1.37. The van der Waals surface area contributed by atoms with Gasteiger partial charge in [0.2, 0.25) is 0 Å². The van der Waals surface area contributed by atoms with Crippen LogP contribution in [0.3, 0.4) is 0 Å². The Morgan fingerprint density at radius 1 is 1.27 bits per heavy atom. The summed E-state index contributed by atoms with van der Waals surface area (Å²) < 4.78 is 46.1. The maximum Gasteiger partial charge on any atom is 0.416 e. The summed E-state index contributed by atoms with van der Waals surface area (Å²) in [6.45, 7) is 2.91. The lowest BCUT2D eigenvalue weighted by Gasteiger charge is -2.23. The number of alkyl halides is 3. The predicted octanol–water partition coefficient (Wildman–Crippen LogP) is 5.70. The zero-order chi connectivity index (χ0) is 21.3. The van der Waals surface area contributed by atoms with Crippen LogP contribution in [0.5, 0.6) is 0 Å². The van der Waals surface area contributed by atoms with Crippen molar-refractivity contribution in [3.63, 3.8) is 0 Å². The van der Waals surface area contributed by atoms with Crippen molar-refractivity contribution in [1.29, 1.82) is 0 Å². The Morgan fingerprint density at radius 3 is 2.77 bits per heavy atom. The van der Waals surface area contributed by atoms with E-state index in [1.54, 1.807) is 0 Å². The fourth-order valence-corrected chi connectivity index (χ4v) is 4.64. The Balaban J connectivity index is 1.74. The second kappa shape index (κ2) is 8.35. The van der Waals surface area contributed by atoms with Gasteiger partial charge in [0.1, 0.15) is 0 Å². The first-order chi connectivity index (χ1) is 14.4. The number of para-hydroxylation sites is 1. The second-order valence-corrected chi connectivity index (χ2v) is 8.25. The smallest absolute Gasteiger partial charge is 0.376 e. The fraction of sp³-hybridized carbons (Fsp3) is 0.364. The molecule has 0 aliphatic carbocycles. The van der Waals surface area contributed by atoms with Gasteiger partial charge in [-0.2, -0.15) is 13.2 Å². The molecule has 4 nitrogen and oxygen atoms in total. The first-order valence-electron chi connectivity index (χ1n) is 9.86. The second-order valence-electron chi connectivity index (χ2n) is 7.24. The van der Waals surface area contributed by atoms with Gasteiger partial charge >= 0.3 is 6.18 Å². The van der Waals surface area contributed by atoms with Crippen LogP contribution < -0.4 is 4.90 Å². The molecule has 2 aromatic carbocycles. The molecule has 1 fully saturated rings. The number of fused-ring (bicyclic) bond motifs is 1. The third-order valence-corrected chi connectivity index (χ3v) is 6.24. The zero-order valence-electron chi connectivity index (χ0n) is 16.4. The van der Waals surface area contributed by atoms with Crippen molar-refractivity contribution in [3.8, 4) is 0 Å². The van der Waals surface area contributed by atoms with Crippen molar-refractivity contribution in [2.75, 3.05) is 18.1 Å². The van der Waals surface area contributed by atoms with Crippen molar-refractivity contribution in [3.05, 3.63) is 59.2 Å². The Hall–Kier alpha value is -2.45. The molecule has 1 aromatic heterocycles. The van der Waals surface area contributed by atoms with E-state index in [-0.39, 0.29) is 18.2 Å². The standard InChI is InChI=1S/C22H21F3N2O2S/c1-2-14-6-4-10-18-19(14)26-21(30-18)27(13-17-9-5-11-29-17)20(28)15-7-3-8-16(12-15)22(23,24)25/h3-4,6-8,10,12,17H,2,5,9,11,13H2,1H3. The summed E-state index contributed by atoms with van der Waals surface area (Å²) in [5.41, 5.74) is 1.04. The minimum absolute atomic E-state index is 0.0159. The third-order valence-electron chi connectivity index (χ3n) is 5.20. The largest absolute Gasteiger partial charge is 0.416 e. The van der Waals surface area contributed by atoms with Crippen molar-refractivity contribution in [2.45, 2.75) is 38.5 Å². The molecule has 0 bridgehead atoms. The summed E-state index contributed by atoms with van der Waals surface area (Å²) in [6, 6.07) is 10.4. The third kappa shape index (κ3) is 4.20. The van der Waals surface area contributed by atoms with E-state index in [1.165, 1.54) is 28.4 Å². The number of ether oxygens (including phenoxy) is 1. The predicted molar refractivity (Wildman–Crippen MR) is 111 cm³/mol. The lowest BCUT2D eigenvalue weighted by atomic mass is 10.1. The molecule has 3 aromatic rings. The number of anilines is 1. The van der Waals surface area contributed by atoms with Crippen LogP contribution in [-0.4, -0.2) is 30.1 Å². The van der Waals surface area contributed by atoms with E-state index in [2.05, 4.69) is 4.98 Å². The maximum atomic E-state index is 13.3. The minimum atomic E-state index is -4.51. The molecule has 8 heteroatoms. The van der Waals surface area contributed by atoms with Gasteiger partial charge < -0.3 is 4.74 Å². The van der Waals surface area contributed by atoms with Gasteiger partial charge in [-0.3, -0.25) is 9.69 Å². The van der Waals surface area contributed by atoms with Crippen molar-refractivity contribution < 1.29 is 22.7 Å². The van der Waals surface area contributed by atoms with Crippen LogP contribution in [0.4, 0.5) is 18.3 Å². The molecule has 4 rings (SSSR count). The van der Waals surface area contributed by atoms with Crippen molar-refractivity contribution >= 4 is 32.6 Å². The Bertz CT molecular complexity index is 1060. The highest BCUT2D eigenvalue weighted by Gasteiger charge is 2.32. The number of hydrogen-bond acceptors (Lipinski definition) is 4. The number of halogens is 3. The number of amides is 1. The van der Waals surface area contributed by atoms with E-state index < -0.39 is 17.6 Å². The molecule has 0 spiro atoms. The molecule has 30 heavy (non-hydrogen) atoms. The summed E-state index contributed by atoms with van der Waals surface area (Å²) in [6.07, 6.45) is -2.17. The highest BCUT2D eigenvalue weighted by molar-refractivity contribution is 7.22. The number of hydrogen-bond donors (Lipinski definition) is 0. The van der Waals surface area contributed by atoms with Gasteiger partial charge in [0, 0.05) is 12.2 Å². The van der Waals surface area contributed by atoms with Crippen molar-refractivity contribution in [1.82, 2.24) is 4.98 Å². The van der Waals surface area contributed by atoms with E-state index >= 15 is 0 Å². The van der Waals surface area contributed by atoms with Gasteiger partial charge in [0.25, 0.3) is 5.91 Å². The number of rotatable bonds is 5. The van der Waals surface area contributed by atoms with Crippen LogP contribution in [-0.2, 0) is 17.3 Å². The monoisotopic (exact) mass is 434 g/mol. The van der Waals surface area contributed by atoms with Gasteiger partial charge in [0.15, 0.2) is 5.13 Å². The number of aromatic nitrogens is 1. The number of nitrogens with zero attached hydrogens (tertiary/aromatic N) is 2. The molecule has 1 saturated heterocycles. The van der Waals surface area contributed by atoms with Gasteiger partial charge in [0.05, 0.1) is 28.4 Å². The Kier molecular flexibility index (Phi) is 5.79. The normalized spacial score (nSPS) is 16.9. The summed E-state index contributed by atoms with van der Waals surface area (Å²) in [4.78, 5) is 19.5. The SMILES string of the molecule is CCc1cccc2sc(N(CC3CCCO3)C(=O)c3cccc(C(F)(F)F)c3)nc12. The first kappa shape index (κ1) is 20.8. The highest BCUT2D eigenvalue weighted by Crippen LogP contribution is 2.34. The Morgan fingerprint density at radius 2 is 2.07 bits per heavy atom. The van der Waals surface area contributed by atoms with Gasteiger partial charge in [-0.15, -0.1) is 0 Å². The maximum absolute atomic E-state index is 13.3. The molecule has 2 heterocycles. The van der Waals surface area contributed by atoms with E-state index in [0.717, 1.165) is 47.2 Å². The van der Waals surface area contributed by atoms with E-state index in [0.29, 0.717) is 11.7 Å². The summed E-state index contributed by atoms with van der Waals surface area (Å²) in [5.74, 6) is -0.506. The lowest BCUT2D eigenvalue weighted by molar-refractivity contribution is -0.137. The molecule has 0 saturated carbocycles. The summed E-state index contributed by atoms with van der Waals surface area (Å²) in [5, 5.41) is 0.476. The molecule has 0 N–H and O–H groups in total. The first-order valence-corrected chi connectivity index (χ1v) is 10.7. The van der Waals surface area contributed by atoms with Crippen LogP contribution >= 0.6 is 11.3 Å². The quantitative estimate of drug-likeness (QED) is 0.517. The van der Waals surface area contributed by atoms with Gasteiger partial charge in [-0.1, -0.05) is 36.5 Å². The average Bonchev–Trinajstić information content (AvgIpc) is 3.40. The molecule has 1 aliphatic heterocycles. The minimum Gasteiger partial charge on any atom is -0.376 e. The molecular formula is C22H21F3N2O2S. The van der Waals surface area contributed by atoms with Gasteiger partial charge in [-0.25, -0.2) is 4.98 Å². The van der Waals surface area contributed by atoms with Crippen LogP contribution in [0.2, 0.25) is 0 Å². The number of benzene rings is 2. The topological polar surface area (TPSA) is 42.4 Å². The van der Waals surface area contributed by atoms with Crippen LogP contribution in [0.1, 0.15) is 41.3 Å². The van der Waals surface area contributed by atoms with E-state index in [9.17, 15) is 18.0 Å². The molecule has 1 atom stereocenters. The fourth-order valence-electron chi connectivity index (χ4n) is 3.62. The van der Waals surface area contributed by atoms with Crippen LogP contribution in [0.15, 0.2) is 42.5 Å². The lowest BCUT2D eigenvalue weighted by Crippen LogP contribution is -2.37. The van der Waals surface area contributed by atoms with E-state index in [4.69, 9.17) is 4.74 Å². The van der Waals surface area contributed by atoms with Crippen LogP contribution in [0.25, 0.3) is 10.2 Å². The molecule has 1 unspecified atom stereocenters. The number of carbonyl (C=O) groups is 1.